The zero-order valence-corrected chi connectivity index (χ0v) is 19.3. The fraction of sp³-hybridized carbons (Fsp3) is 0.192. The molecule has 0 bridgehead atoms. The monoisotopic (exact) mass is 487 g/mol. The first kappa shape index (κ1) is 24.6. The number of pyridine rings is 1. The predicted octanol–water partition coefficient (Wildman–Crippen LogP) is 4.35. The van der Waals surface area contributed by atoms with E-state index in [0.717, 1.165) is 27.9 Å². The minimum absolute atomic E-state index is 0.0123. The van der Waals surface area contributed by atoms with Crippen LogP contribution in [0.5, 0.6) is 0 Å². The van der Waals surface area contributed by atoms with E-state index in [1.54, 1.807) is 0 Å². The van der Waals surface area contributed by atoms with E-state index in [1.165, 1.54) is 12.1 Å². The Morgan fingerprint density at radius 3 is 2.22 bits per heavy atom. The summed E-state index contributed by atoms with van der Waals surface area (Å²) in [6, 6.07) is 17.8. The number of nitro benzene ring substituents is 1. The summed E-state index contributed by atoms with van der Waals surface area (Å²) in [7, 11) is 0. The standard InChI is InChI=1S/C26H25N5O5/c27-14-6-5-11-22(26(33)34)30-25(32)16-12-13-21(23(15-16)31(35)36)29-24-17-7-1-3-9-19(17)28-20-10-4-2-8-18(20)24/h1-4,7-10,12-13,15,22H,5-6,11,14,27H2,(H,28,29)(H,30,32)(H,33,34)/t22-/m0/s1. The number of aliphatic carboxylic acids is 1. The highest BCUT2D eigenvalue weighted by Crippen LogP contribution is 2.36. The first-order valence-electron chi connectivity index (χ1n) is 11.5. The van der Waals surface area contributed by atoms with Gasteiger partial charge in [-0.3, -0.25) is 14.9 Å². The van der Waals surface area contributed by atoms with Crippen molar-refractivity contribution in [1.29, 1.82) is 0 Å². The second-order valence-electron chi connectivity index (χ2n) is 8.28. The highest BCUT2D eigenvalue weighted by atomic mass is 16.6. The molecule has 0 aliphatic rings. The number of fused-ring (bicyclic) bond motifs is 2. The Labute approximate surface area is 206 Å². The largest absolute Gasteiger partial charge is 0.480 e. The molecule has 1 heterocycles. The van der Waals surface area contributed by atoms with Gasteiger partial charge >= 0.3 is 5.97 Å². The summed E-state index contributed by atoms with van der Waals surface area (Å²) in [6.07, 6.45) is 1.37. The SMILES string of the molecule is NCCCC[C@H](NC(=O)c1ccc(Nc2c3ccccc3nc3ccccc23)c([N+](=O)[O-])c1)C(=O)O. The summed E-state index contributed by atoms with van der Waals surface area (Å²) >= 11 is 0. The van der Waals surface area contributed by atoms with Crippen LogP contribution in [0.1, 0.15) is 29.6 Å². The van der Waals surface area contributed by atoms with Crippen molar-refractivity contribution in [3.8, 4) is 0 Å². The Morgan fingerprint density at radius 1 is 1.00 bits per heavy atom. The van der Waals surface area contributed by atoms with Gasteiger partial charge in [-0.2, -0.15) is 0 Å². The number of nitrogens with zero attached hydrogens (tertiary/aromatic N) is 2. The van der Waals surface area contributed by atoms with Crippen molar-refractivity contribution in [2.75, 3.05) is 11.9 Å². The highest BCUT2D eigenvalue weighted by Gasteiger charge is 2.23. The Hall–Kier alpha value is -4.57. The van der Waals surface area contributed by atoms with Gasteiger partial charge in [-0.15, -0.1) is 0 Å². The van der Waals surface area contributed by atoms with Gasteiger partial charge in [0.05, 0.1) is 21.6 Å². The van der Waals surface area contributed by atoms with Gasteiger partial charge in [-0.25, -0.2) is 9.78 Å². The number of rotatable bonds is 10. The molecule has 0 spiro atoms. The number of benzene rings is 3. The van der Waals surface area contributed by atoms with Crippen LogP contribution in [0.25, 0.3) is 21.8 Å². The Kier molecular flexibility index (Phi) is 7.36. The van der Waals surface area contributed by atoms with Crippen LogP contribution in [-0.2, 0) is 4.79 Å². The van der Waals surface area contributed by atoms with E-state index in [9.17, 15) is 24.8 Å². The molecule has 1 atom stereocenters. The molecule has 0 unspecified atom stereocenters. The van der Waals surface area contributed by atoms with E-state index in [2.05, 4.69) is 15.6 Å². The number of carboxylic acid groups (broad SMARTS) is 1. The van der Waals surface area contributed by atoms with Crippen molar-refractivity contribution in [3.05, 3.63) is 82.4 Å². The van der Waals surface area contributed by atoms with Crippen LogP contribution >= 0.6 is 0 Å². The summed E-state index contributed by atoms with van der Waals surface area (Å²) < 4.78 is 0. The summed E-state index contributed by atoms with van der Waals surface area (Å²) in [5.41, 5.74) is 7.42. The molecule has 5 N–H and O–H groups in total. The average Bonchev–Trinajstić information content (AvgIpc) is 2.87. The van der Waals surface area contributed by atoms with E-state index in [1.807, 2.05) is 48.5 Å². The van der Waals surface area contributed by atoms with Gasteiger partial charge in [-0.05, 0) is 50.1 Å². The van der Waals surface area contributed by atoms with Crippen LogP contribution in [0.15, 0.2) is 66.7 Å². The number of carbonyl (C=O) groups excluding carboxylic acids is 1. The van der Waals surface area contributed by atoms with Crippen molar-refractivity contribution >= 4 is 50.7 Å². The zero-order chi connectivity index (χ0) is 25.7. The molecule has 10 nitrogen and oxygen atoms in total. The van der Waals surface area contributed by atoms with Crippen molar-refractivity contribution in [2.24, 2.45) is 5.73 Å². The third kappa shape index (κ3) is 5.23. The summed E-state index contributed by atoms with van der Waals surface area (Å²) in [4.78, 5) is 40.3. The van der Waals surface area contributed by atoms with Crippen LogP contribution in [0.4, 0.5) is 17.1 Å². The summed E-state index contributed by atoms with van der Waals surface area (Å²) in [5, 5.41) is 28.6. The van der Waals surface area contributed by atoms with Crippen molar-refractivity contribution < 1.29 is 19.6 Å². The maximum Gasteiger partial charge on any atom is 0.326 e. The lowest BCUT2D eigenvalue weighted by atomic mass is 10.1. The maximum absolute atomic E-state index is 12.7. The molecule has 0 radical (unpaired) electrons. The number of nitrogens with two attached hydrogens (primary N) is 1. The number of unbranched alkanes of at least 4 members (excludes halogenated alkanes) is 1. The number of carbonyl (C=O) groups is 2. The lowest BCUT2D eigenvalue weighted by Gasteiger charge is -2.16. The fourth-order valence-electron chi connectivity index (χ4n) is 4.03. The zero-order valence-electron chi connectivity index (χ0n) is 19.3. The smallest absolute Gasteiger partial charge is 0.326 e. The summed E-state index contributed by atoms with van der Waals surface area (Å²) in [6.45, 7) is 0.420. The second kappa shape index (κ2) is 10.8. The molecular weight excluding hydrogens is 462 g/mol. The normalized spacial score (nSPS) is 11.8. The van der Waals surface area contributed by atoms with Crippen LogP contribution in [0, 0.1) is 10.1 Å². The molecule has 1 amide bonds. The molecule has 0 saturated carbocycles. The molecule has 0 fully saturated rings. The highest BCUT2D eigenvalue weighted by molar-refractivity contribution is 6.09. The van der Waals surface area contributed by atoms with E-state index in [-0.39, 0.29) is 23.4 Å². The Bertz CT molecular complexity index is 1400. The molecule has 4 rings (SSSR count). The van der Waals surface area contributed by atoms with E-state index >= 15 is 0 Å². The first-order chi connectivity index (χ1) is 17.4. The maximum atomic E-state index is 12.7. The third-order valence-corrected chi connectivity index (χ3v) is 5.85. The molecule has 10 heteroatoms. The lowest BCUT2D eigenvalue weighted by molar-refractivity contribution is -0.383. The van der Waals surface area contributed by atoms with Crippen LogP contribution < -0.4 is 16.4 Å². The van der Waals surface area contributed by atoms with Crippen molar-refractivity contribution in [2.45, 2.75) is 25.3 Å². The number of hydrogen-bond acceptors (Lipinski definition) is 7. The van der Waals surface area contributed by atoms with E-state index in [4.69, 9.17) is 5.73 Å². The molecule has 0 aliphatic carbocycles. The minimum Gasteiger partial charge on any atom is -0.480 e. The molecular formula is C26H25N5O5. The Balaban J connectivity index is 1.68. The first-order valence-corrected chi connectivity index (χ1v) is 11.5. The van der Waals surface area contributed by atoms with Gasteiger partial charge in [0.25, 0.3) is 11.6 Å². The molecule has 184 valence electrons. The number of nitrogens with one attached hydrogen (secondary N) is 2. The quantitative estimate of drug-likeness (QED) is 0.111. The second-order valence-corrected chi connectivity index (χ2v) is 8.28. The van der Waals surface area contributed by atoms with E-state index in [0.29, 0.717) is 25.1 Å². The third-order valence-electron chi connectivity index (χ3n) is 5.85. The van der Waals surface area contributed by atoms with Gasteiger partial charge in [0.1, 0.15) is 11.7 Å². The molecule has 0 saturated heterocycles. The summed E-state index contributed by atoms with van der Waals surface area (Å²) in [5.74, 6) is -1.88. The number of anilines is 2. The fourth-order valence-corrected chi connectivity index (χ4v) is 4.03. The average molecular weight is 488 g/mol. The lowest BCUT2D eigenvalue weighted by Crippen LogP contribution is -2.40. The van der Waals surface area contributed by atoms with Crippen molar-refractivity contribution in [3.63, 3.8) is 0 Å². The molecule has 4 aromatic rings. The van der Waals surface area contributed by atoms with Gasteiger partial charge in [-0.1, -0.05) is 36.4 Å². The number of hydrogen-bond donors (Lipinski definition) is 4. The van der Waals surface area contributed by atoms with Crippen LogP contribution in [0.3, 0.4) is 0 Å². The van der Waals surface area contributed by atoms with Crippen molar-refractivity contribution in [1.82, 2.24) is 10.3 Å². The number of aromatic nitrogens is 1. The predicted molar refractivity (Wildman–Crippen MR) is 137 cm³/mol. The number of amides is 1. The molecule has 0 aliphatic heterocycles. The van der Waals surface area contributed by atoms with Gasteiger partial charge in [0.15, 0.2) is 0 Å². The Morgan fingerprint density at radius 2 is 1.64 bits per heavy atom. The topological polar surface area (TPSA) is 160 Å². The molecule has 3 aromatic carbocycles. The van der Waals surface area contributed by atoms with Gasteiger partial charge in [0.2, 0.25) is 0 Å². The van der Waals surface area contributed by atoms with Gasteiger partial charge in [0, 0.05) is 22.4 Å². The molecule has 1 aromatic heterocycles. The number of nitro groups is 1. The van der Waals surface area contributed by atoms with Gasteiger partial charge < -0.3 is 21.5 Å². The minimum atomic E-state index is -1.18. The number of carboxylic acids is 1. The van der Waals surface area contributed by atoms with Crippen LogP contribution in [-0.4, -0.2) is 39.5 Å². The molecule has 36 heavy (non-hydrogen) atoms. The number of para-hydroxylation sites is 2. The van der Waals surface area contributed by atoms with E-state index < -0.39 is 22.8 Å². The van der Waals surface area contributed by atoms with Crippen LogP contribution in [0.2, 0.25) is 0 Å².